The van der Waals surface area contributed by atoms with E-state index in [0.717, 1.165) is 43.7 Å². The minimum Gasteiger partial charge on any atom is -0.493 e. The number of methoxy groups -OCH3 is 4. The van der Waals surface area contributed by atoms with Gasteiger partial charge in [-0.05, 0) is 81.1 Å². The van der Waals surface area contributed by atoms with Gasteiger partial charge in [-0.25, -0.2) is 9.59 Å². The topological polar surface area (TPSA) is 95.6 Å². The highest BCUT2D eigenvalue weighted by molar-refractivity contribution is 5.93. The van der Waals surface area contributed by atoms with E-state index < -0.39 is 17.5 Å². The molecule has 1 aliphatic carbocycles. The lowest BCUT2D eigenvalue weighted by Gasteiger charge is -2.57. The van der Waals surface area contributed by atoms with Crippen LogP contribution in [0.1, 0.15) is 43.7 Å². The van der Waals surface area contributed by atoms with Crippen molar-refractivity contribution in [1.82, 2.24) is 4.90 Å². The Labute approximate surface area is 246 Å². The molecular formula is C33H38N2O7. The SMILES string of the molecule is COC(=O)C1=C2Nc3ccccc3[C@@]23CCN2CCC[C@@](C(C)OC(=O)/C=C/c4cc(OC)c(OC)c(OC)c4)(C1)[C@H]23. The number of esters is 2. The molecule has 3 aliphatic heterocycles. The number of ether oxygens (including phenoxy) is 5. The Morgan fingerprint density at radius 3 is 2.45 bits per heavy atom. The summed E-state index contributed by atoms with van der Waals surface area (Å²) in [6, 6.07) is 12.0. The van der Waals surface area contributed by atoms with Crippen LogP contribution in [-0.4, -0.2) is 70.5 Å². The normalized spacial score (nSPS) is 26.5. The smallest absolute Gasteiger partial charge is 0.335 e. The number of carbonyl (C=O) groups excluding carboxylic acids is 2. The molecule has 0 radical (unpaired) electrons. The van der Waals surface area contributed by atoms with Gasteiger partial charge < -0.3 is 29.0 Å². The van der Waals surface area contributed by atoms with Crippen LogP contribution < -0.4 is 19.5 Å². The van der Waals surface area contributed by atoms with Crippen LogP contribution >= 0.6 is 0 Å². The maximum atomic E-state index is 13.3. The molecule has 9 heteroatoms. The summed E-state index contributed by atoms with van der Waals surface area (Å²) in [6.07, 6.45) is 5.83. The average molecular weight is 575 g/mol. The number of rotatable bonds is 8. The van der Waals surface area contributed by atoms with E-state index in [1.165, 1.54) is 18.7 Å². The third kappa shape index (κ3) is 4.08. The Morgan fingerprint density at radius 1 is 1.02 bits per heavy atom. The molecule has 0 amide bonds. The van der Waals surface area contributed by atoms with Crippen LogP contribution in [0.3, 0.4) is 0 Å². The molecule has 6 rings (SSSR count). The first-order valence-electron chi connectivity index (χ1n) is 14.4. The number of nitrogens with zero attached hydrogens (tertiary/aromatic N) is 1. The van der Waals surface area contributed by atoms with Crippen molar-refractivity contribution < 1.29 is 33.3 Å². The lowest BCUT2D eigenvalue weighted by atomic mass is 9.53. The molecule has 2 aromatic carbocycles. The largest absolute Gasteiger partial charge is 0.493 e. The van der Waals surface area contributed by atoms with Gasteiger partial charge in [0, 0.05) is 28.9 Å². The highest BCUT2D eigenvalue weighted by atomic mass is 16.5. The van der Waals surface area contributed by atoms with Gasteiger partial charge in [0.1, 0.15) is 6.10 Å². The van der Waals surface area contributed by atoms with E-state index in [2.05, 4.69) is 28.4 Å². The van der Waals surface area contributed by atoms with Crippen LogP contribution in [0.15, 0.2) is 53.7 Å². The standard InChI is InChI=1S/C33H38N2O7/c1-20(42-27(36)12-11-21-17-25(38-2)28(40-4)26(18-21)39-3)32-13-8-15-35-16-14-33(31(32)35)23-9-6-7-10-24(23)34-29(33)22(19-32)30(37)41-5/h6-7,9-12,17-18,20,31,34H,8,13-16,19H2,1-5H3/b12-11+/t20?,31-,32-,33-/m0/s1. The second kappa shape index (κ2) is 10.7. The van der Waals surface area contributed by atoms with Gasteiger partial charge >= 0.3 is 11.9 Å². The zero-order valence-corrected chi connectivity index (χ0v) is 24.8. The van der Waals surface area contributed by atoms with Crippen LogP contribution in [0.5, 0.6) is 17.2 Å². The molecule has 222 valence electrons. The maximum Gasteiger partial charge on any atom is 0.335 e. The van der Waals surface area contributed by atoms with Crippen molar-refractivity contribution in [1.29, 1.82) is 0 Å². The zero-order chi connectivity index (χ0) is 29.6. The first-order chi connectivity index (χ1) is 20.3. The monoisotopic (exact) mass is 574 g/mol. The molecule has 4 atom stereocenters. The molecule has 0 aromatic heterocycles. The predicted octanol–water partition coefficient (Wildman–Crippen LogP) is 4.71. The summed E-state index contributed by atoms with van der Waals surface area (Å²) >= 11 is 0. The van der Waals surface area contributed by atoms with Crippen molar-refractivity contribution in [2.24, 2.45) is 5.41 Å². The molecule has 1 unspecified atom stereocenters. The van der Waals surface area contributed by atoms with Gasteiger partial charge in [-0.1, -0.05) is 18.2 Å². The van der Waals surface area contributed by atoms with E-state index in [-0.39, 0.29) is 17.4 Å². The van der Waals surface area contributed by atoms with Crippen molar-refractivity contribution >= 4 is 23.7 Å². The molecule has 2 fully saturated rings. The minimum atomic E-state index is -0.461. The summed E-state index contributed by atoms with van der Waals surface area (Å²) in [6.45, 7) is 3.88. The molecule has 0 bridgehead atoms. The number of para-hydroxylation sites is 1. The average Bonchev–Trinajstić information content (AvgIpc) is 3.58. The molecule has 2 saturated heterocycles. The van der Waals surface area contributed by atoms with Crippen molar-refractivity contribution in [3.8, 4) is 17.2 Å². The van der Waals surface area contributed by atoms with Crippen LogP contribution in [0.4, 0.5) is 5.69 Å². The second-order valence-corrected chi connectivity index (χ2v) is 11.6. The highest BCUT2D eigenvalue weighted by Gasteiger charge is 2.68. The van der Waals surface area contributed by atoms with E-state index in [4.69, 9.17) is 23.7 Å². The van der Waals surface area contributed by atoms with Crippen LogP contribution in [0.25, 0.3) is 6.08 Å². The lowest BCUT2D eigenvalue weighted by Crippen LogP contribution is -2.64. The Kier molecular flexibility index (Phi) is 7.17. The summed E-state index contributed by atoms with van der Waals surface area (Å²) in [5.74, 6) is 0.698. The predicted molar refractivity (Wildman–Crippen MR) is 158 cm³/mol. The molecule has 3 heterocycles. The fourth-order valence-electron chi connectivity index (χ4n) is 8.15. The molecule has 1 N–H and O–H groups in total. The third-order valence-electron chi connectivity index (χ3n) is 9.81. The van der Waals surface area contributed by atoms with Crippen LogP contribution in [0.2, 0.25) is 0 Å². The lowest BCUT2D eigenvalue weighted by molar-refractivity contribution is -0.158. The number of carbonyl (C=O) groups is 2. The van der Waals surface area contributed by atoms with E-state index in [1.807, 2.05) is 13.0 Å². The zero-order valence-electron chi connectivity index (χ0n) is 24.8. The van der Waals surface area contributed by atoms with Gasteiger partial charge in [0.05, 0.1) is 39.4 Å². The Balaban J connectivity index is 1.35. The molecule has 1 spiro atoms. The molecule has 9 nitrogen and oxygen atoms in total. The summed E-state index contributed by atoms with van der Waals surface area (Å²) in [7, 11) is 6.08. The number of fused-ring (bicyclic) bond motifs is 1. The van der Waals surface area contributed by atoms with Gasteiger partial charge in [0.25, 0.3) is 0 Å². The van der Waals surface area contributed by atoms with Gasteiger partial charge in [-0.2, -0.15) is 0 Å². The number of nitrogens with one attached hydrogen (secondary N) is 1. The summed E-state index contributed by atoms with van der Waals surface area (Å²) in [5.41, 5.74) is 3.72. The van der Waals surface area contributed by atoms with E-state index >= 15 is 0 Å². The minimum absolute atomic E-state index is 0.0835. The Bertz CT molecular complexity index is 1460. The highest BCUT2D eigenvalue weighted by Crippen LogP contribution is 2.65. The fraction of sp³-hybridized carbons (Fsp3) is 0.455. The molecular weight excluding hydrogens is 536 g/mol. The Morgan fingerprint density at radius 2 is 1.76 bits per heavy atom. The van der Waals surface area contributed by atoms with Gasteiger partial charge in [-0.15, -0.1) is 0 Å². The van der Waals surface area contributed by atoms with Crippen LogP contribution in [0, 0.1) is 5.41 Å². The number of anilines is 1. The second-order valence-electron chi connectivity index (χ2n) is 11.6. The quantitative estimate of drug-likeness (QED) is 0.355. The van der Waals surface area contributed by atoms with Crippen molar-refractivity contribution in [2.45, 2.75) is 50.2 Å². The summed E-state index contributed by atoms with van der Waals surface area (Å²) in [5, 5.41) is 3.62. The van der Waals surface area contributed by atoms with Crippen molar-refractivity contribution in [2.75, 3.05) is 46.8 Å². The Hall–Kier alpha value is -3.98. The number of hydrogen-bond acceptors (Lipinski definition) is 9. The van der Waals surface area contributed by atoms with Crippen molar-refractivity contribution in [3.63, 3.8) is 0 Å². The number of benzene rings is 2. The fourth-order valence-corrected chi connectivity index (χ4v) is 8.15. The van der Waals surface area contributed by atoms with E-state index in [1.54, 1.807) is 39.5 Å². The summed E-state index contributed by atoms with van der Waals surface area (Å²) in [4.78, 5) is 29.2. The van der Waals surface area contributed by atoms with E-state index in [0.29, 0.717) is 34.8 Å². The first-order valence-corrected chi connectivity index (χ1v) is 14.4. The number of hydrogen-bond donors (Lipinski definition) is 1. The molecule has 42 heavy (non-hydrogen) atoms. The molecule has 2 aromatic rings. The van der Waals surface area contributed by atoms with Crippen molar-refractivity contribution in [3.05, 3.63) is 64.9 Å². The van der Waals surface area contributed by atoms with Gasteiger partial charge in [0.2, 0.25) is 5.75 Å². The summed E-state index contributed by atoms with van der Waals surface area (Å²) < 4.78 is 27.8. The third-order valence-corrected chi connectivity index (χ3v) is 9.81. The molecule has 4 aliphatic rings. The van der Waals surface area contributed by atoms with Gasteiger partial charge in [0.15, 0.2) is 11.5 Å². The maximum absolute atomic E-state index is 13.3. The number of piperidine rings is 1. The molecule has 0 saturated carbocycles. The first kappa shape index (κ1) is 28.2. The van der Waals surface area contributed by atoms with Gasteiger partial charge in [-0.3, -0.25) is 4.90 Å². The van der Waals surface area contributed by atoms with Crippen LogP contribution in [-0.2, 0) is 24.5 Å². The van der Waals surface area contributed by atoms with E-state index in [9.17, 15) is 9.59 Å².